The van der Waals surface area contributed by atoms with Crippen LogP contribution in [0.15, 0.2) is 24.3 Å². The zero-order chi connectivity index (χ0) is 15.2. The second kappa shape index (κ2) is 7.17. The number of aromatic nitrogens is 2. The van der Waals surface area contributed by atoms with Gasteiger partial charge in [-0.05, 0) is 30.9 Å². The zero-order valence-corrected chi connectivity index (χ0v) is 13.2. The van der Waals surface area contributed by atoms with Crippen LogP contribution in [0.1, 0.15) is 23.9 Å². The van der Waals surface area contributed by atoms with Crippen LogP contribution in [-0.4, -0.2) is 23.2 Å². The summed E-state index contributed by atoms with van der Waals surface area (Å²) in [6.45, 7) is 3.91. The first-order chi connectivity index (χ1) is 10.1. The Morgan fingerprint density at radius 1 is 1.38 bits per heavy atom. The highest BCUT2D eigenvalue weighted by Crippen LogP contribution is 2.22. The molecule has 1 aromatic heterocycles. The molecule has 1 atom stereocenters. The summed E-state index contributed by atoms with van der Waals surface area (Å²) in [6.07, 6.45) is 1.24. The van der Waals surface area contributed by atoms with Gasteiger partial charge in [-0.25, -0.2) is 0 Å². The fourth-order valence-corrected chi connectivity index (χ4v) is 2.76. The minimum absolute atomic E-state index is 0.0338. The van der Waals surface area contributed by atoms with Gasteiger partial charge in [0, 0.05) is 6.42 Å². The second-order valence-corrected chi connectivity index (χ2v) is 6.18. The van der Waals surface area contributed by atoms with Gasteiger partial charge in [0.2, 0.25) is 11.0 Å². The SMILES string of the molecule is COc1ccccc1C[C@H](C)CC(=O)Nc1nnc(C)s1. The number of nitrogens with zero attached hydrogens (tertiary/aromatic N) is 2. The van der Waals surface area contributed by atoms with Crippen LogP contribution >= 0.6 is 11.3 Å². The molecule has 0 fully saturated rings. The highest BCUT2D eigenvalue weighted by Gasteiger charge is 2.13. The number of amides is 1. The molecule has 1 aromatic carbocycles. The summed E-state index contributed by atoms with van der Waals surface area (Å²) < 4.78 is 5.33. The minimum Gasteiger partial charge on any atom is -0.496 e. The first-order valence-electron chi connectivity index (χ1n) is 6.80. The molecular formula is C15H19N3O2S. The number of anilines is 1. The largest absolute Gasteiger partial charge is 0.496 e. The van der Waals surface area contributed by atoms with Crippen LogP contribution in [0, 0.1) is 12.8 Å². The molecule has 2 rings (SSSR count). The molecule has 5 nitrogen and oxygen atoms in total. The number of hydrogen-bond acceptors (Lipinski definition) is 5. The molecule has 1 heterocycles. The number of carbonyl (C=O) groups excluding carboxylic acids is 1. The Kier molecular flexibility index (Phi) is 5.27. The van der Waals surface area contributed by atoms with Crippen LogP contribution in [0.2, 0.25) is 0 Å². The van der Waals surface area contributed by atoms with E-state index in [4.69, 9.17) is 4.74 Å². The van der Waals surface area contributed by atoms with Gasteiger partial charge in [0.15, 0.2) is 0 Å². The maximum atomic E-state index is 12.0. The van der Waals surface area contributed by atoms with Gasteiger partial charge < -0.3 is 10.1 Å². The summed E-state index contributed by atoms with van der Waals surface area (Å²) in [7, 11) is 1.66. The van der Waals surface area contributed by atoms with E-state index >= 15 is 0 Å². The van der Waals surface area contributed by atoms with E-state index in [1.165, 1.54) is 11.3 Å². The lowest BCUT2D eigenvalue weighted by atomic mass is 9.97. The van der Waals surface area contributed by atoms with Crippen LogP contribution in [0.4, 0.5) is 5.13 Å². The molecule has 6 heteroatoms. The third-order valence-electron chi connectivity index (χ3n) is 3.07. The van der Waals surface area contributed by atoms with Gasteiger partial charge >= 0.3 is 0 Å². The summed E-state index contributed by atoms with van der Waals surface area (Å²) in [6, 6.07) is 7.89. The number of benzene rings is 1. The molecule has 0 saturated heterocycles. The van der Waals surface area contributed by atoms with Crippen molar-refractivity contribution in [1.29, 1.82) is 0 Å². The lowest BCUT2D eigenvalue weighted by Crippen LogP contribution is -2.16. The van der Waals surface area contributed by atoms with Crippen LogP contribution in [0.25, 0.3) is 0 Å². The average Bonchev–Trinajstić information content (AvgIpc) is 2.84. The molecule has 0 aliphatic rings. The van der Waals surface area contributed by atoms with Crippen molar-refractivity contribution in [3.63, 3.8) is 0 Å². The second-order valence-electron chi connectivity index (χ2n) is 5.00. The van der Waals surface area contributed by atoms with E-state index in [1.54, 1.807) is 7.11 Å². The third kappa shape index (κ3) is 4.53. The normalized spacial score (nSPS) is 12.0. The first kappa shape index (κ1) is 15.4. The molecule has 1 amide bonds. The lowest BCUT2D eigenvalue weighted by Gasteiger charge is -2.13. The molecule has 112 valence electrons. The van der Waals surface area contributed by atoms with E-state index in [2.05, 4.69) is 22.4 Å². The van der Waals surface area contributed by atoms with Crippen molar-refractivity contribution >= 4 is 22.4 Å². The van der Waals surface area contributed by atoms with E-state index in [-0.39, 0.29) is 11.8 Å². The van der Waals surface area contributed by atoms with Gasteiger partial charge in [-0.15, -0.1) is 10.2 Å². The summed E-state index contributed by atoms with van der Waals surface area (Å²) in [5.74, 6) is 1.05. The number of nitrogens with one attached hydrogen (secondary N) is 1. The molecule has 0 bridgehead atoms. The summed E-state index contributed by atoms with van der Waals surface area (Å²) >= 11 is 1.38. The Morgan fingerprint density at radius 3 is 2.81 bits per heavy atom. The van der Waals surface area contributed by atoms with Crippen LogP contribution in [0.5, 0.6) is 5.75 Å². The quantitative estimate of drug-likeness (QED) is 0.891. The molecule has 0 aliphatic carbocycles. The van der Waals surface area contributed by atoms with Crippen molar-refractivity contribution in [2.24, 2.45) is 5.92 Å². The molecule has 1 N–H and O–H groups in total. The van der Waals surface area contributed by atoms with Gasteiger partial charge in [-0.2, -0.15) is 0 Å². The summed E-state index contributed by atoms with van der Waals surface area (Å²) in [4.78, 5) is 12.0. The number of ether oxygens (including phenoxy) is 1. The number of methoxy groups -OCH3 is 1. The van der Waals surface area contributed by atoms with Crippen LogP contribution < -0.4 is 10.1 Å². The highest BCUT2D eigenvalue weighted by molar-refractivity contribution is 7.15. The molecule has 0 saturated carbocycles. The number of rotatable bonds is 6. The van der Waals surface area contributed by atoms with E-state index in [0.29, 0.717) is 11.6 Å². The smallest absolute Gasteiger partial charge is 0.226 e. The predicted octanol–water partition coefficient (Wildman–Crippen LogP) is 3.06. The maximum absolute atomic E-state index is 12.0. The topological polar surface area (TPSA) is 64.1 Å². The van der Waals surface area contributed by atoms with Crippen molar-refractivity contribution in [3.05, 3.63) is 34.8 Å². The van der Waals surface area contributed by atoms with Gasteiger partial charge in [0.25, 0.3) is 0 Å². The highest BCUT2D eigenvalue weighted by atomic mass is 32.1. The Hall–Kier alpha value is -1.95. The molecule has 0 radical (unpaired) electrons. The summed E-state index contributed by atoms with van der Waals surface area (Å²) in [5.41, 5.74) is 1.12. The Balaban J connectivity index is 1.89. The molecule has 0 aliphatic heterocycles. The number of carbonyl (C=O) groups is 1. The fraction of sp³-hybridized carbons (Fsp3) is 0.400. The Morgan fingerprint density at radius 2 is 2.14 bits per heavy atom. The van der Waals surface area contributed by atoms with Crippen molar-refractivity contribution in [1.82, 2.24) is 10.2 Å². The first-order valence-corrected chi connectivity index (χ1v) is 7.62. The van der Waals surface area contributed by atoms with Gasteiger partial charge in [0.05, 0.1) is 7.11 Å². The van der Waals surface area contributed by atoms with E-state index in [9.17, 15) is 4.79 Å². The van der Waals surface area contributed by atoms with Gasteiger partial charge in [-0.1, -0.05) is 36.5 Å². The third-order valence-corrected chi connectivity index (χ3v) is 3.82. The Bertz CT molecular complexity index is 612. The number of hydrogen-bond donors (Lipinski definition) is 1. The van der Waals surface area contributed by atoms with Crippen molar-refractivity contribution in [2.75, 3.05) is 12.4 Å². The van der Waals surface area contributed by atoms with E-state index < -0.39 is 0 Å². The van der Waals surface area contributed by atoms with Crippen LogP contribution in [0.3, 0.4) is 0 Å². The lowest BCUT2D eigenvalue weighted by molar-refractivity contribution is -0.116. The summed E-state index contributed by atoms with van der Waals surface area (Å²) in [5, 5.41) is 11.9. The number of para-hydroxylation sites is 1. The molecule has 21 heavy (non-hydrogen) atoms. The van der Waals surface area contributed by atoms with E-state index in [1.807, 2.05) is 31.2 Å². The van der Waals surface area contributed by atoms with Crippen molar-refractivity contribution in [2.45, 2.75) is 26.7 Å². The zero-order valence-electron chi connectivity index (χ0n) is 12.4. The fourth-order valence-electron chi connectivity index (χ4n) is 2.15. The predicted molar refractivity (Wildman–Crippen MR) is 83.8 cm³/mol. The minimum atomic E-state index is -0.0338. The standard InChI is InChI=1S/C15H19N3O2S/c1-10(8-12-6-4-5-7-13(12)20-3)9-14(19)16-15-18-17-11(2)21-15/h4-7,10H,8-9H2,1-3H3,(H,16,18,19)/t10-/m0/s1. The van der Waals surface area contributed by atoms with Gasteiger partial charge in [0.1, 0.15) is 10.8 Å². The van der Waals surface area contributed by atoms with Crippen LogP contribution in [-0.2, 0) is 11.2 Å². The monoisotopic (exact) mass is 305 g/mol. The molecule has 2 aromatic rings. The number of aryl methyl sites for hydroxylation is 1. The maximum Gasteiger partial charge on any atom is 0.226 e. The van der Waals surface area contributed by atoms with Crippen molar-refractivity contribution in [3.8, 4) is 5.75 Å². The Labute approximate surface area is 128 Å². The van der Waals surface area contributed by atoms with Gasteiger partial charge in [-0.3, -0.25) is 4.79 Å². The molecular weight excluding hydrogens is 286 g/mol. The van der Waals surface area contributed by atoms with Crippen molar-refractivity contribution < 1.29 is 9.53 Å². The average molecular weight is 305 g/mol. The molecule has 0 unspecified atom stereocenters. The molecule has 0 spiro atoms. The van der Waals surface area contributed by atoms with E-state index in [0.717, 1.165) is 22.7 Å².